The molecule has 0 radical (unpaired) electrons. The average Bonchev–Trinajstić information content (AvgIpc) is 3.20. The highest BCUT2D eigenvalue weighted by atomic mass is 16.2. The molecule has 3 rings (SSSR count). The van der Waals surface area contributed by atoms with E-state index < -0.39 is 0 Å². The smallest absolute Gasteiger partial charge is 0.228 e. The summed E-state index contributed by atoms with van der Waals surface area (Å²) >= 11 is 0. The number of rotatable bonds is 2. The fourth-order valence-corrected chi connectivity index (χ4v) is 3.81. The second-order valence-electron chi connectivity index (χ2n) is 6.89. The van der Waals surface area contributed by atoms with E-state index in [0.29, 0.717) is 11.8 Å². The van der Waals surface area contributed by atoms with Gasteiger partial charge < -0.3 is 5.32 Å². The van der Waals surface area contributed by atoms with Gasteiger partial charge in [-0.05, 0) is 75.0 Å². The van der Waals surface area contributed by atoms with E-state index in [9.17, 15) is 4.79 Å². The van der Waals surface area contributed by atoms with Crippen molar-refractivity contribution in [3.8, 4) is 0 Å². The minimum atomic E-state index is 0.207. The summed E-state index contributed by atoms with van der Waals surface area (Å²) in [6, 6.07) is 8.07. The van der Waals surface area contributed by atoms with Gasteiger partial charge in [0.1, 0.15) is 0 Å². The Morgan fingerprint density at radius 2 is 1.57 bits per heavy atom. The van der Waals surface area contributed by atoms with Crippen LogP contribution in [-0.2, 0) is 4.79 Å². The molecule has 0 bridgehead atoms. The number of amides is 1. The zero-order chi connectivity index (χ0) is 16.1. The number of carbonyl (C=O) groups excluding carboxylic acids is 1. The lowest BCUT2D eigenvalue weighted by Gasteiger charge is -2.05. The molecule has 1 saturated carbocycles. The summed E-state index contributed by atoms with van der Waals surface area (Å²) in [7, 11) is 0. The third kappa shape index (κ3) is 4.34. The van der Waals surface area contributed by atoms with Crippen LogP contribution in [0.2, 0.25) is 0 Å². The van der Waals surface area contributed by atoms with Crippen molar-refractivity contribution >= 4 is 11.6 Å². The Labute approximate surface area is 139 Å². The Morgan fingerprint density at radius 3 is 2.17 bits per heavy atom. The lowest BCUT2D eigenvalue weighted by Crippen LogP contribution is -2.15. The molecule has 1 amide bonds. The molecule has 122 valence electrons. The van der Waals surface area contributed by atoms with Crippen LogP contribution in [-0.4, -0.2) is 5.91 Å². The molecule has 0 spiro atoms. The summed E-state index contributed by atoms with van der Waals surface area (Å²) in [5.74, 6) is 1.56. The number of nitrogens with one attached hydrogen (secondary N) is 1. The van der Waals surface area contributed by atoms with Gasteiger partial charge in [-0.15, -0.1) is 0 Å². The molecule has 1 unspecified atom stereocenters. The number of aryl methyl sites for hydroxylation is 1. The first-order valence-electron chi connectivity index (χ1n) is 8.93. The summed E-state index contributed by atoms with van der Waals surface area (Å²) in [5.41, 5.74) is 2.11. The Hall–Kier alpha value is -1.83. The standard InChI is InChI=1S/C21H27NO/c1-16-11-10-12-17(15-16)22-21(23)20-18-13-8-6-4-2-3-5-7-9-14-19(18)20/h4-7,10-12,15,18-20H,2-3,8-9,13-14H2,1H3,(H,22,23)/b6-4-,7-5+/t18-,19-,20?/m1/s1. The number of anilines is 1. The Balaban J connectivity index is 1.61. The highest BCUT2D eigenvalue weighted by Gasteiger charge is 2.52. The summed E-state index contributed by atoms with van der Waals surface area (Å²) in [4.78, 5) is 12.6. The largest absolute Gasteiger partial charge is 0.326 e. The van der Waals surface area contributed by atoms with E-state index in [1.165, 1.54) is 5.56 Å². The number of carbonyl (C=O) groups is 1. The molecule has 23 heavy (non-hydrogen) atoms. The van der Waals surface area contributed by atoms with Crippen LogP contribution in [0.3, 0.4) is 0 Å². The van der Waals surface area contributed by atoms with Crippen LogP contribution >= 0.6 is 0 Å². The van der Waals surface area contributed by atoms with E-state index in [-0.39, 0.29) is 11.8 Å². The third-order valence-electron chi connectivity index (χ3n) is 5.09. The Morgan fingerprint density at radius 1 is 0.957 bits per heavy atom. The molecule has 3 atom stereocenters. The maximum absolute atomic E-state index is 12.6. The molecule has 2 aliphatic rings. The second kappa shape index (κ2) is 7.63. The molecule has 1 aromatic carbocycles. The molecule has 0 aliphatic heterocycles. The van der Waals surface area contributed by atoms with Crippen LogP contribution in [0.25, 0.3) is 0 Å². The first-order chi connectivity index (χ1) is 11.3. The van der Waals surface area contributed by atoms with Crippen molar-refractivity contribution in [3.63, 3.8) is 0 Å². The van der Waals surface area contributed by atoms with Gasteiger partial charge in [0.15, 0.2) is 0 Å². The van der Waals surface area contributed by atoms with E-state index in [2.05, 4.69) is 42.6 Å². The highest BCUT2D eigenvalue weighted by Crippen LogP contribution is 2.52. The van der Waals surface area contributed by atoms with Gasteiger partial charge in [-0.25, -0.2) is 0 Å². The van der Waals surface area contributed by atoms with Gasteiger partial charge in [-0.2, -0.15) is 0 Å². The minimum Gasteiger partial charge on any atom is -0.326 e. The zero-order valence-corrected chi connectivity index (χ0v) is 14.0. The van der Waals surface area contributed by atoms with E-state index >= 15 is 0 Å². The number of allylic oxidation sites excluding steroid dienone is 4. The third-order valence-corrected chi connectivity index (χ3v) is 5.09. The predicted molar refractivity (Wildman–Crippen MR) is 96.3 cm³/mol. The Bertz CT molecular complexity index is 578. The lowest BCUT2D eigenvalue weighted by molar-refractivity contribution is -0.117. The van der Waals surface area contributed by atoms with Crippen LogP contribution in [0, 0.1) is 24.7 Å². The SMILES string of the molecule is Cc1cccc(NC(=O)C2[C@@H]3CC/C=C\CC/C=C/CC[C@@H]23)c1. The molecule has 2 nitrogen and oxygen atoms in total. The lowest BCUT2D eigenvalue weighted by atomic mass is 10.1. The molecule has 0 saturated heterocycles. The van der Waals surface area contributed by atoms with Gasteiger partial charge in [-0.3, -0.25) is 4.79 Å². The summed E-state index contributed by atoms with van der Waals surface area (Å²) in [6.07, 6.45) is 16.0. The van der Waals surface area contributed by atoms with Gasteiger partial charge in [0.25, 0.3) is 0 Å². The fourth-order valence-electron chi connectivity index (χ4n) is 3.81. The molecular weight excluding hydrogens is 282 g/mol. The Kier molecular flexibility index (Phi) is 5.32. The van der Waals surface area contributed by atoms with Crippen LogP contribution in [0.4, 0.5) is 5.69 Å². The minimum absolute atomic E-state index is 0.207. The van der Waals surface area contributed by atoms with Gasteiger partial charge in [0.2, 0.25) is 5.91 Å². The maximum Gasteiger partial charge on any atom is 0.228 e. The van der Waals surface area contributed by atoms with Crippen molar-refractivity contribution in [2.24, 2.45) is 17.8 Å². The van der Waals surface area contributed by atoms with Crippen LogP contribution in [0.15, 0.2) is 48.6 Å². The van der Waals surface area contributed by atoms with E-state index in [1.54, 1.807) is 0 Å². The summed E-state index contributed by atoms with van der Waals surface area (Å²) in [6.45, 7) is 2.05. The number of benzene rings is 1. The molecule has 0 heterocycles. The van der Waals surface area contributed by atoms with Crippen LogP contribution < -0.4 is 5.32 Å². The number of fused-ring (bicyclic) bond motifs is 1. The van der Waals surface area contributed by atoms with Crippen molar-refractivity contribution in [1.29, 1.82) is 0 Å². The number of hydrogen-bond donors (Lipinski definition) is 1. The quantitative estimate of drug-likeness (QED) is 0.742. The molecule has 2 aliphatic carbocycles. The summed E-state index contributed by atoms with van der Waals surface area (Å²) < 4.78 is 0. The molecule has 1 N–H and O–H groups in total. The molecule has 1 aromatic rings. The van der Waals surface area contributed by atoms with Crippen LogP contribution in [0.1, 0.15) is 44.1 Å². The van der Waals surface area contributed by atoms with Crippen molar-refractivity contribution in [2.45, 2.75) is 45.4 Å². The molecule has 0 aromatic heterocycles. The van der Waals surface area contributed by atoms with E-state index in [0.717, 1.165) is 44.2 Å². The van der Waals surface area contributed by atoms with Gasteiger partial charge in [-0.1, -0.05) is 36.4 Å². The monoisotopic (exact) mass is 309 g/mol. The topological polar surface area (TPSA) is 29.1 Å². The van der Waals surface area contributed by atoms with E-state index in [4.69, 9.17) is 0 Å². The van der Waals surface area contributed by atoms with Gasteiger partial charge in [0.05, 0.1) is 0 Å². The zero-order valence-electron chi connectivity index (χ0n) is 14.0. The summed E-state index contributed by atoms with van der Waals surface area (Å²) in [5, 5.41) is 3.12. The predicted octanol–water partition coefficient (Wildman–Crippen LogP) is 5.26. The van der Waals surface area contributed by atoms with E-state index in [1.807, 2.05) is 18.2 Å². The molecular formula is C21H27NO. The van der Waals surface area contributed by atoms with Crippen molar-refractivity contribution in [3.05, 3.63) is 54.1 Å². The first-order valence-corrected chi connectivity index (χ1v) is 8.93. The van der Waals surface area contributed by atoms with Crippen molar-refractivity contribution < 1.29 is 4.79 Å². The normalized spacial score (nSPS) is 30.2. The van der Waals surface area contributed by atoms with Crippen molar-refractivity contribution in [1.82, 2.24) is 0 Å². The van der Waals surface area contributed by atoms with Gasteiger partial charge in [0, 0.05) is 11.6 Å². The highest BCUT2D eigenvalue weighted by molar-refractivity contribution is 5.94. The van der Waals surface area contributed by atoms with Crippen molar-refractivity contribution in [2.75, 3.05) is 5.32 Å². The fraction of sp³-hybridized carbons (Fsp3) is 0.476. The maximum atomic E-state index is 12.6. The van der Waals surface area contributed by atoms with Crippen LogP contribution in [0.5, 0.6) is 0 Å². The first kappa shape index (κ1) is 16.0. The van der Waals surface area contributed by atoms with Gasteiger partial charge >= 0.3 is 0 Å². The molecule has 1 fully saturated rings. The average molecular weight is 309 g/mol. The molecule has 2 heteroatoms. The second-order valence-corrected chi connectivity index (χ2v) is 6.89. The number of hydrogen-bond acceptors (Lipinski definition) is 1.